The fourth-order valence-electron chi connectivity index (χ4n) is 2.78. The molecule has 1 fully saturated rings. The van der Waals surface area contributed by atoms with Gasteiger partial charge in [-0.15, -0.1) is 0 Å². The van der Waals surface area contributed by atoms with E-state index in [4.69, 9.17) is 4.74 Å². The monoisotopic (exact) mass is 277 g/mol. The van der Waals surface area contributed by atoms with Crippen molar-refractivity contribution in [1.29, 1.82) is 0 Å². The first-order chi connectivity index (χ1) is 9.65. The van der Waals surface area contributed by atoms with Gasteiger partial charge >= 0.3 is 0 Å². The van der Waals surface area contributed by atoms with Crippen LogP contribution >= 0.6 is 0 Å². The first-order valence-electron chi connectivity index (χ1n) is 7.32. The predicted octanol–water partition coefficient (Wildman–Crippen LogP) is 3.05. The molecule has 4 heteroatoms. The van der Waals surface area contributed by atoms with Gasteiger partial charge in [0, 0.05) is 18.7 Å². The highest BCUT2D eigenvalue weighted by Gasteiger charge is 2.21. The largest absolute Gasteiger partial charge is 0.504 e. The number of nitrogens with zero attached hydrogens (tertiary/aromatic N) is 1. The fraction of sp³-hybridized carbons (Fsp3) is 0.562. The maximum absolute atomic E-state index is 12.5. The molecule has 1 heterocycles. The summed E-state index contributed by atoms with van der Waals surface area (Å²) in [5.74, 6) is 1.14. The lowest BCUT2D eigenvalue weighted by atomic mass is 9.98. The van der Waals surface area contributed by atoms with Crippen LogP contribution in [0.25, 0.3) is 0 Å². The number of carbonyl (C=O) groups is 1. The minimum atomic E-state index is -0.000272. The van der Waals surface area contributed by atoms with Crippen LogP contribution in [0.4, 0.5) is 0 Å². The van der Waals surface area contributed by atoms with Crippen LogP contribution in [0.1, 0.15) is 43.0 Å². The molecule has 1 aliphatic rings. The summed E-state index contributed by atoms with van der Waals surface area (Å²) in [5.41, 5.74) is 0.526. The molecule has 1 aromatic carbocycles. The first-order valence-corrected chi connectivity index (χ1v) is 7.32. The summed E-state index contributed by atoms with van der Waals surface area (Å²) in [6, 6.07) is 4.83. The second-order valence-electron chi connectivity index (χ2n) is 5.38. The number of aromatic hydroxyl groups is 1. The SMILES string of the molecule is CCC1CCCN(C(=O)c2ccc(OC)c(O)c2)CC1. The van der Waals surface area contributed by atoms with Crippen molar-refractivity contribution >= 4 is 5.91 Å². The molecule has 1 atom stereocenters. The van der Waals surface area contributed by atoms with E-state index in [-0.39, 0.29) is 11.7 Å². The average Bonchev–Trinajstić information content (AvgIpc) is 2.71. The zero-order valence-corrected chi connectivity index (χ0v) is 12.3. The molecule has 1 N–H and O–H groups in total. The molecule has 1 aromatic rings. The number of hydrogen-bond acceptors (Lipinski definition) is 3. The van der Waals surface area contributed by atoms with Gasteiger partial charge in [-0.25, -0.2) is 0 Å². The van der Waals surface area contributed by atoms with E-state index in [0.29, 0.717) is 11.3 Å². The molecule has 2 rings (SSSR count). The number of methoxy groups -OCH3 is 1. The number of hydrogen-bond donors (Lipinski definition) is 1. The summed E-state index contributed by atoms with van der Waals surface area (Å²) < 4.78 is 5.00. The fourth-order valence-corrected chi connectivity index (χ4v) is 2.78. The molecule has 4 nitrogen and oxygen atoms in total. The summed E-state index contributed by atoms with van der Waals surface area (Å²) >= 11 is 0. The first kappa shape index (κ1) is 14.7. The molecule has 1 aliphatic heterocycles. The standard InChI is InChI=1S/C16H23NO3/c1-3-12-5-4-9-17(10-8-12)16(19)13-6-7-15(20-2)14(18)11-13/h6-7,11-12,18H,3-5,8-10H2,1-2H3. The zero-order valence-electron chi connectivity index (χ0n) is 12.3. The summed E-state index contributed by atoms with van der Waals surface area (Å²) in [6.45, 7) is 3.83. The van der Waals surface area contributed by atoms with Gasteiger partial charge in [0.05, 0.1) is 7.11 Å². The minimum absolute atomic E-state index is 0.000272. The quantitative estimate of drug-likeness (QED) is 0.923. The Morgan fingerprint density at radius 3 is 2.85 bits per heavy atom. The summed E-state index contributed by atoms with van der Waals surface area (Å²) in [6.07, 6.45) is 4.52. The third kappa shape index (κ3) is 3.24. The number of benzene rings is 1. The molecule has 0 bridgehead atoms. The number of amides is 1. The van der Waals surface area contributed by atoms with Crippen molar-refractivity contribution in [3.8, 4) is 11.5 Å². The molecule has 1 saturated heterocycles. The van der Waals surface area contributed by atoms with Crippen molar-refractivity contribution in [2.24, 2.45) is 5.92 Å². The average molecular weight is 277 g/mol. The number of phenolic OH excluding ortho intramolecular Hbond substituents is 1. The van der Waals surface area contributed by atoms with E-state index in [9.17, 15) is 9.90 Å². The summed E-state index contributed by atoms with van der Waals surface area (Å²) in [5, 5.41) is 9.78. The normalized spacial score (nSPS) is 19.5. The smallest absolute Gasteiger partial charge is 0.253 e. The van der Waals surface area contributed by atoms with E-state index in [0.717, 1.165) is 31.8 Å². The molecule has 0 saturated carbocycles. The molecular formula is C16H23NO3. The maximum Gasteiger partial charge on any atom is 0.253 e. The summed E-state index contributed by atoms with van der Waals surface area (Å²) in [4.78, 5) is 14.4. The third-order valence-corrected chi connectivity index (χ3v) is 4.14. The van der Waals surface area contributed by atoms with Crippen LogP contribution in [-0.2, 0) is 0 Å². The molecular weight excluding hydrogens is 254 g/mol. The van der Waals surface area contributed by atoms with Crippen LogP contribution in [0.2, 0.25) is 0 Å². The van der Waals surface area contributed by atoms with Crippen LogP contribution < -0.4 is 4.74 Å². The Morgan fingerprint density at radius 2 is 2.20 bits per heavy atom. The highest BCUT2D eigenvalue weighted by molar-refractivity contribution is 5.94. The van der Waals surface area contributed by atoms with E-state index >= 15 is 0 Å². The van der Waals surface area contributed by atoms with Crippen LogP contribution in [0.15, 0.2) is 18.2 Å². The van der Waals surface area contributed by atoms with E-state index < -0.39 is 0 Å². The van der Waals surface area contributed by atoms with Gasteiger partial charge in [0.15, 0.2) is 11.5 Å². The van der Waals surface area contributed by atoms with E-state index in [1.165, 1.54) is 26.0 Å². The lowest BCUT2D eigenvalue weighted by Crippen LogP contribution is -2.32. The molecule has 0 aliphatic carbocycles. The van der Waals surface area contributed by atoms with Gasteiger partial charge in [-0.1, -0.05) is 13.3 Å². The van der Waals surface area contributed by atoms with Crippen LogP contribution in [0, 0.1) is 5.92 Å². The molecule has 0 aromatic heterocycles. The lowest BCUT2D eigenvalue weighted by molar-refractivity contribution is 0.0759. The number of likely N-dealkylation sites (tertiary alicyclic amines) is 1. The molecule has 1 amide bonds. The molecule has 0 spiro atoms. The van der Waals surface area contributed by atoms with Crippen molar-refractivity contribution < 1.29 is 14.6 Å². The maximum atomic E-state index is 12.5. The topological polar surface area (TPSA) is 49.8 Å². The molecule has 0 radical (unpaired) electrons. The second-order valence-corrected chi connectivity index (χ2v) is 5.38. The van der Waals surface area contributed by atoms with Crippen LogP contribution in [0.5, 0.6) is 11.5 Å². The van der Waals surface area contributed by atoms with Gasteiger partial charge in [0.2, 0.25) is 0 Å². The number of ether oxygens (including phenoxy) is 1. The Kier molecular flexibility index (Phi) is 4.88. The van der Waals surface area contributed by atoms with Gasteiger partial charge in [-0.2, -0.15) is 0 Å². The summed E-state index contributed by atoms with van der Waals surface area (Å²) in [7, 11) is 1.50. The van der Waals surface area contributed by atoms with Crippen molar-refractivity contribution in [2.75, 3.05) is 20.2 Å². The van der Waals surface area contributed by atoms with Gasteiger partial charge in [0.1, 0.15) is 0 Å². The highest BCUT2D eigenvalue weighted by Crippen LogP contribution is 2.27. The Labute approximate surface area is 120 Å². The van der Waals surface area contributed by atoms with Crippen LogP contribution in [-0.4, -0.2) is 36.1 Å². The minimum Gasteiger partial charge on any atom is -0.504 e. The highest BCUT2D eigenvalue weighted by atomic mass is 16.5. The van der Waals surface area contributed by atoms with Crippen molar-refractivity contribution in [1.82, 2.24) is 4.90 Å². The number of carbonyl (C=O) groups excluding carboxylic acids is 1. The zero-order chi connectivity index (χ0) is 14.5. The lowest BCUT2D eigenvalue weighted by Gasteiger charge is -2.21. The Balaban J connectivity index is 2.08. The third-order valence-electron chi connectivity index (χ3n) is 4.14. The Morgan fingerprint density at radius 1 is 1.40 bits per heavy atom. The van der Waals surface area contributed by atoms with Gasteiger partial charge in [0.25, 0.3) is 5.91 Å². The van der Waals surface area contributed by atoms with E-state index in [1.807, 2.05) is 4.90 Å². The van der Waals surface area contributed by atoms with Crippen molar-refractivity contribution in [3.05, 3.63) is 23.8 Å². The number of phenols is 1. The van der Waals surface area contributed by atoms with Crippen molar-refractivity contribution in [3.63, 3.8) is 0 Å². The predicted molar refractivity (Wildman–Crippen MR) is 78.2 cm³/mol. The van der Waals surface area contributed by atoms with Gasteiger partial charge in [-0.05, 0) is 43.4 Å². The Hall–Kier alpha value is -1.71. The van der Waals surface area contributed by atoms with Crippen molar-refractivity contribution in [2.45, 2.75) is 32.6 Å². The van der Waals surface area contributed by atoms with Crippen LogP contribution in [0.3, 0.4) is 0 Å². The van der Waals surface area contributed by atoms with E-state index in [1.54, 1.807) is 12.1 Å². The molecule has 20 heavy (non-hydrogen) atoms. The van der Waals surface area contributed by atoms with Gasteiger partial charge in [-0.3, -0.25) is 4.79 Å². The number of rotatable bonds is 3. The molecule has 110 valence electrons. The Bertz CT molecular complexity index is 473. The van der Waals surface area contributed by atoms with Gasteiger partial charge < -0.3 is 14.7 Å². The van der Waals surface area contributed by atoms with E-state index in [2.05, 4.69) is 6.92 Å². The second kappa shape index (κ2) is 6.64. The molecule has 1 unspecified atom stereocenters.